The molecule has 2 aromatic carbocycles. The molecule has 1 amide bonds. The number of rotatable bonds is 6. The Labute approximate surface area is 258 Å². The van der Waals surface area contributed by atoms with Crippen LogP contribution < -0.4 is 15.2 Å². The van der Waals surface area contributed by atoms with E-state index in [0.717, 1.165) is 41.6 Å². The number of ether oxygens (including phenoxy) is 1. The van der Waals surface area contributed by atoms with Gasteiger partial charge in [-0.3, -0.25) is 14.2 Å². The van der Waals surface area contributed by atoms with Gasteiger partial charge < -0.3 is 9.64 Å². The third kappa shape index (κ3) is 5.48. The number of hydrogen-bond donors (Lipinski definition) is 0. The van der Waals surface area contributed by atoms with Crippen molar-refractivity contribution in [1.29, 1.82) is 0 Å². The van der Waals surface area contributed by atoms with Crippen LogP contribution in [0.4, 0.5) is 14.5 Å². The number of aromatic nitrogens is 2. The van der Waals surface area contributed by atoms with Crippen molar-refractivity contribution >= 4 is 44.9 Å². The number of para-hydroxylation sites is 3. The first-order chi connectivity index (χ1) is 20.4. The topological polar surface area (TPSA) is 64.4 Å². The molecule has 2 atom stereocenters. The van der Waals surface area contributed by atoms with Gasteiger partial charge in [0.25, 0.3) is 5.56 Å². The van der Waals surface area contributed by atoms with Crippen LogP contribution in [-0.4, -0.2) is 33.9 Å². The third-order valence-electron chi connectivity index (χ3n) is 8.72. The molecule has 6 rings (SSSR count). The molecule has 0 bridgehead atoms. The van der Waals surface area contributed by atoms with Crippen molar-refractivity contribution in [2.75, 3.05) is 11.4 Å². The number of aryl methyl sites for hydroxylation is 3. The summed E-state index contributed by atoms with van der Waals surface area (Å²) in [5.74, 6) is 0.263. The van der Waals surface area contributed by atoms with E-state index in [0.29, 0.717) is 39.9 Å². The van der Waals surface area contributed by atoms with Crippen molar-refractivity contribution < 1.29 is 18.3 Å². The van der Waals surface area contributed by atoms with Crippen LogP contribution in [0.15, 0.2) is 52.4 Å². The molecule has 4 aromatic rings. The fourth-order valence-electron chi connectivity index (χ4n) is 6.39. The fraction of sp³-hybridized carbons (Fsp3) is 0.424. The normalized spacial score (nSPS) is 19.0. The quantitative estimate of drug-likeness (QED) is 0.206. The lowest BCUT2D eigenvalue weighted by atomic mass is 9.72. The number of carbonyl (C=O) groups is 1. The Hall–Kier alpha value is -3.24. The number of nitrogens with zero attached hydrogens (tertiary/aromatic N) is 3. The van der Waals surface area contributed by atoms with Crippen LogP contribution in [0.3, 0.4) is 0 Å². The van der Waals surface area contributed by atoms with Gasteiger partial charge in [-0.15, -0.1) is 11.3 Å². The Balaban J connectivity index is 1.43. The summed E-state index contributed by atoms with van der Waals surface area (Å²) < 4.78 is 32.6. The van der Waals surface area contributed by atoms with Crippen molar-refractivity contribution in [3.63, 3.8) is 0 Å². The SMILES string of the molecule is Cc1cccc(C)c1-n1c(SC2CCN(c3ccccc3OC(F)F)C2=O)nc2sc3c(c2c1=O)CCC(C(C)(C)C)C3. The summed E-state index contributed by atoms with van der Waals surface area (Å²) in [5, 5.41) is 0.620. The average Bonchev–Trinajstić information content (AvgIpc) is 3.49. The average molecular weight is 624 g/mol. The van der Waals surface area contributed by atoms with E-state index >= 15 is 0 Å². The molecule has 2 unspecified atom stereocenters. The molecule has 43 heavy (non-hydrogen) atoms. The molecule has 2 aromatic heterocycles. The van der Waals surface area contributed by atoms with Gasteiger partial charge in [-0.1, -0.05) is 62.9 Å². The first-order valence-electron chi connectivity index (χ1n) is 14.6. The second kappa shape index (κ2) is 11.4. The molecule has 6 nitrogen and oxygen atoms in total. The molecule has 1 aliphatic heterocycles. The number of alkyl halides is 2. The van der Waals surface area contributed by atoms with Gasteiger partial charge >= 0.3 is 6.61 Å². The van der Waals surface area contributed by atoms with Crippen LogP contribution in [0.1, 0.15) is 55.2 Å². The van der Waals surface area contributed by atoms with Gasteiger partial charge in [0.05, 0.1) is 22.0 Å². The molecule has 0 spiro atoms. The number of carbonyl (C=O) groups excluding carboxylic acids is 1. The predicted molar refractivity (Wildman–Crippen MR) is 169 cm³/mol. The number of hydrogen-bond acceptors (Lipinski definition) is 6. The monoisotopic (exact) mass is 623 g/mol. The summed E-state index contributed by atoms with van der Waals surface area (Å²) in [5.41, 5.74) is 4.17. The zero-order valence-corrected chi connectivity index (χ0v) is 26.6. The number of fused-ring (bicyclic) bond motifs is 3. The standard InChI is InChI=1S/C33H35F2N3O3S2/c1-18-9-8-10-19(2)27(18)38-30(40)26-21-14-13-20(33(3,4)5)17-25(21)42-28(26)36-32(38)43-24-15-16-37(29(24)39)22-11-6-7-12-23(22)41-31(34)35/h6-12,20,24,31H,13-17H2,1-5H3. The molecule has 0 saturated carbocycles. The van der Waals surface area contributed by atoms with Crippen LogP contribution in [0.25, 0.3) is 15.9 Å². The Morgan fingerprint density at radius 2 is 1.77 bits per heavy atom. The smallest absolute Gasteiger partial charge is 0.387 e. The van der Waals surface area contributed by atoms with Crippen molar-refractivity contribution in [3.05, 3.63) is 74.4 Å². The minimum Gasteiger partial charge on any atom is -0.433 e. The van der Waals surface area contributed by atoms with E-state index in [-0.39, 0.29) is 22.6 Å². The van der Waals surface area contributed by atoms with Gasteiger partial charge in [-0.05, 0) is 79.7 Å². The third-order valence-corrected chi connectivity index (χ3v) is 11.1. The maximum Gasteiger partial charge on any atom is 0.387 e. The van der Waals surface area contributed by atoms with Crippen molar-refractivity contribution in [2.24, 2.45) is 11.3 Å². The second-order valence-electron chi connectivity index (χ2n) is 12.5. The van der Waals surface area contributed by atoms with E-state index in [2.05, 4.69) is 20.8 Å². The van der Waals surface area contributed by atoms with Crippen molar-refractivity contribution in [3.8, 4) is 11.4 Å². The molecule has 0 radical (unpaired) electrons. The Bertz CT molecular complexity index is 1760. The molecule has 226 valence electrons. The largest absolute Gasteiger partial charge is 0.433 e. The van der Waals surface area contributed by atoms with Gasteiger partial charge in [-0.25, -0.2) is 4.98 Å². The number of benzene rings is 2. The summed E-state index contributed by atoms with van der Waals surface area (Å²) in [4.78, 5) is 36.7. The number of amides is 1. The van der Waals surface area contributed by atoms with Crippen LogP contribution in [0.5, 0.6) is 5.75 Å². The van der Waals surface area contributed by atoms with Gasteiger partial charge in [0.15, 0.2) is 5.16 Å². The van der Waals surface area contributed by atoms with Crippen molar-refractivity contribution in [2.45, 2.75) is 77.3 Å². The molecular formula is C33H35F2N3O3S2. The summed E-state index contributed by atoms with van der Waals surface area (Å²) in [6.07, 6.45) is 3.29. The zero-order valence-electron chi connectivity index (χ0n) is 24.9. The predicted octanol–water partition coefficient (Wildman–Crippen LogP) is 7.71. The maximum atomic E-state index is 14.5. The van der Waals surface area contributed by atoms with E-state index < -0.39 is 11.9 Å². The molecule has 1 aliphatic carbocycles. The highest BCUT2D eigenvalue weighted by Crippen LogP contribution is 2.43. The Morgan fingerprint density at radius 1 is 1.05 bits per heavy atom. The van der Waals surface area contributed by atoms with Gasteiger partial charge in [-0.2, -0.15) is 8.78 Å². The minimum atomic E-state index is -3.00. The maximum absolute atomic E-state index is 14.5. The fourth-order valence-corrected chi connectivity index (χ4v) is 8.86. The molecule has 0 N–H and O–H groups in total. The molecule has 10 heteroatoms. The lowest BCUT2D eigenvalue weighted by molar-refractivity contribution is -0.116. The van der Waals surface area contributed by atoms with Gasteiger partial charge in [0, 0.05) is 11.4 Å². The van der Waals surface area contributed by atoms with E-state index in [1.165, 1.54) is 27.6 Å². The van der Waals surface area contributed by atoms with Crippen LogP contribution in [0.2, 0.25) is 0 Å². The van der Waals surface area contributed by atoms with E-state index in [4.69, 9.17) is 9.72 Å². The van der Waals surface area contributed by atoms with Gasteiger partial charge in [0.2, 0.25) is 5.91 Å². The summed E-state index contributed by atoms with van der Waals surface area (Å²) >= 11 is 2.88. The van der Waals surface area contributed by atoms with Crippen LogP contribution >= 0.6 is 23.1 Å². The summed E-state index contributed by atoms with van der Waals surface area (Å²) in [7, 11) is 0. The van der Waals surface area contributed by atoms with Crippen LogP contribution in [-0.2, 0) is 17.6 Å². The Kier molecular flexibility index (Phi) is 7.87. The minimum absolute atomic E-state index is 0.0405. The number of halogens is 2. The van der Waals surface area contributed by atoms with E-state index in [9.17, 15) is 18.4 Å². The molecule has 2 aliphatic rings. The van der Waals surface area contributed by atoms with Gasteiger partial charge in [0.1, 0.15) is 10.6 Å². The number of thioether (sulfide) groups is 1. The second-order valence-corrected chi connectivity index (χ2v) is 14.7. The highest BCUT2D eigenvalue weighted by atomic mass is 32.2. The molecule has 1 saturated heterocycles. The molecule has 3 heterocycles. The van der Waals surface area contributed by atoms with Crippen molar-refractivity contribution in [1.82, 2.24) is 9.55 Å². The lowest BCUT2D eigenvalue weighted by Crippen LogP contribution is -2.30. The number of thiophene rings is 1. The summed E-state index contributed by atoms with van der Waals surface area (Å²) in [6, 6.07) is 12.3. The van der Waals surface area contributed by atoms with Crippen LogP contribution in [0, 0.1) is 25.2 Å². The molecular weight excluding hydrogens is 589 g/mol. The first-order valence-corrected chi connectivity index (χ1v) is 16.3. The lowest BCUT2D eigenvalue weighted by Gasteiger charge is -2.33. The van der Waals surface area contributed by atoms with E-state index in [1.54, 1.807) is 34.1 Å². The first kappa shape index (κ1) is 29.8. The highest BCUT2D eigenvalue weighted by molar-refractivity contribution is 8.00. The molecule has 1 fully saturated rings. The number of anilines is 1. The highest BCUT2D eigenvalue weighted by Gasteiger charge is 2.37. The Morgan fingerprint density at radius 3 is 2.47 bits per heavy atom. The summed E-state index contributed by atoms with van der Waals surface area (Å²) in [6.45, 7) is 8.13. The zero-order chi connectivity index (χ0) is 30.6. The van der Waals surface area contributed by atoms with E-state index in [1.807, 2.05) is 32.0 Å².